The predicted octanol–water partition coefficient (Wildman–Crippen LogP) is 3.36. The third-order valence-electron chi connectivity index (χ3n) is 4.06. The van der Waals surface area contributed by atoms with Gasteiger partial charge >= 0.3 is 0 Å². The van der Waals surface area contributed by atoms with Crippen LogP contribution in [0.4, 0.5) is 5.82 Å². The summed E-state index contributed by atoms with van der Waals surface area (Å²) in [5.74, 6) is 1.11. The summed E-state index contributed by atoms with van der Waals surface area (Å²) in [5, 5.41) is 1.22. The predicted molar refractivity (Wildman–Crippen MR) is 82.0 cm³/mol. The lowest BCUT2D eigenvalue weighted by molar-refractivity contribution is 0.574. The van der Waals surface area contributed by atoms with Crippen molar-refractivity contribution in [1.82, 2.24) is 15.0 Å². The smallest absolute Gasteiger partial charge is 0.140 e. The summed E-state index contributed by atoms with van der Waals surface area (Å²) in [6.07, 6.45) is 12.9. The lowest BCUT2D eigenvalue weighted by atomic mass is 10.0. The van der Waals surface area contributed by atoms with Gasteiger partial charge in [0.05, 0.1) is 11.7 Å². The summed E-state index contributed by atoms with van der Waals surface area (Å²) < 4.78 is 0. The molecule has 0 saturated carbocycles. The Morgan fingerprint density at radius 2 is 1.95 bits per heavy atom. The zero-order chi connectivity index (χ0) is 13.8. The fourth-order valence-electron chi connectivity index (χ4n) is 2.96. The number of rotatable bonds is 4. The molecule has 1 aliphatic rings. The zero-order valence-corrected chi connectivity index (χ0v) is 12.2. The number of aromatic nitrogens is 3. The van der Waals surface area contributed by atoms with E-state index >= 15 is 0 Å². The van der Waals surface area contributed by atoms with Crippen LogP contribution >= 0.6 is 0 Å². The van der Waals surface area contributed by atoms with Crippen LogP contribution in [-0.4, -0.2) is 28.0 Å². The van der Waals surface area contributed by atoms with Crippen molar-refractivity contribution in [3.63, 3.8) is 0 Å². The molecule has 3 heterocycles. The molecule has 2 aromatic rings. The highest BCUT2D eigenvalue weighted by molar-refractivity contribution is 5.91. The average molecular weight is 270 g/mol. The Balaban J connectivity index is 2.05. The average Bonchev–Trinajstić information content (AvgIpc) is 2.53. The van der Waals surface area contributed by atoms with Crippen molar-refractivity contribution in [1.29, 1.82) is 0 Å². The molecule has 0 atom stereocenters. The molecule has 1 aliphatic heterocycles. The second kappa shape index (κ2) is 6.16. The second-order valence-electron chi connectivity index (χ2n) is 5.54. The Morgan fingerprint density at radius 3 is 2.75 bits per heavy atom. The van der Waals surface area contributed by atoms with Crippen molar-refractivity contribution >= 4 is 16.7 Å². The van der Waals surface area contributed by atoms with Crippen molar-refractivity contribution in [3.8, 4) is 0 Å². The molecular weight excluding hydrogens is 248 g/mol. The van der Waals surface area contributed by atoms with Gasteiger partial charge in [-0.2, -0.15) is 0 Å². The lowest BCUT2D eigenvalue weighted by Crippen LogP contribution is -2.30. The van der Waals surface area contributed by atoms with Crippen LogP contribution in [0.1, 0.15) is 44.6 Å². The van der Waals surface area contributed by atoms with Gasteiger partial charge in [0.1, 0.15) is 12.1 Å². The summed E-state index contributed by atoms with van der Waals surface area (Å²) in [6.45, 7) is 4.45. The first-order valence-electron chi connectivity index (χ1n) is 7.72. The molecule has 4 nitrogen and oxygen atoms in total. The van der Waals surface area contributed by atoms with Crippen molar-refractivity contribution < 1.29 is 0 Å². The van der Waals surface area contributed by atoms with E-state index in [-0.39, 0.29) is 0 Å². The number of fused-ring (bicyclic) bond motifs is 1. The van der Waals surface area contributed by atoms with Crippen LogP contribution in [0.25, 0.3) is 10.9 Å². The SMILES string of the molecule is CCCCc1cncc2ncnc(N3CCCCC3)c12. The van der Waals surface area contributed by atoms with E-state index in [0.29, 0.717) is 0 Å². The number of piperidine rings is 1. The van der Waals surface area contributed by atoms with Gasteiger partial charge in [0.15, 0.2) is 0 Å². The fourth-order valence-corrected chi connectivity index (χ4v) is 2.96. The molecule has 0 spiro atoms. The summed E-state index contributed by atoms with van der Waals surface area (Å²) in [5.41, 5.74) is 2.28. The summed E-state index contributed by atoms with van der Waals surface area (Å²) >= 11 is 0. The highest BCUT2D eigenvalue weighted by atomic mass is 15.2. The third kappa shape index (κ3) is 2.60. The van der Waals surface area contributed by atoms with Crippen molar-refractivity contribution in [2.75, 3.05) is 18.0 Å². The van der Waals surface area contributed by atoms with Gasteiger partial charge in [-0.25, -0.2) is 9.97 Å². The van der Waals surface area contributed by atoms with Crippen LogP contribution in [-0.2, 0) is 6.42 Å². The minimum Gasteiger partial charge on any atom is -0.356 e. The molecule has 2 aromatic heterocycles. The highest BCUT2D eigenvalue weighted by Gasteiger charge is 2.17. The van der Waals surface area contributed by atoms with Crippen LogP contribution in [0, 0.1) is 0 Å². The van der Waals surface area contributed by atoms with Gasteiger partial charge in [-0.1, -0.05) is 13.3 Å². The summed E-state index contributed by atoms with van der Waals surface area (Å²) in [4.78, 5) is 15.8. The Morgan fingerprint density at radius 1 is 1.10 bits per heavy atom. The van der Waals surface area contributed by atoms with Crippen LogP contribution in [0.15, 0.2) is 18.7 Å². The van der Waals surface area contributed by atoms with Crippen molar-refractivity contribution in [2.24, 2.45) is 0 Å². The van der Waals surface area contributed by atoms with E-state index in [1.54, 1.807) is 6.33 Å². The Bertz CT molecular complexity index is 570. The molecule has 3 rings (SSSR count). The lowest BCUT2D eigenvalue weighted by Gasteiger charge is -2.28. The normalized spacial score (nSPS) is 15.8. The number of hydrogen-bond donors (Lipinski definition) is 0. The van der Waals surface area contributed by atoms with Gasteiger partial charge in [-0.3, -0.25) is 4.98 Å². The number of pyridine rings is 1. The molecule has 0 N–H and O–H groups in total. The van der Waals surface area contributed by atoms with E-state index < -0.39 is 0 Å². The molecule has 0 aromatic carbocycles. The molecule has 4 heteroatoms. The minimum absolute atomic E-state index is 0.981. The first kappa shape index (κ1) is 13.3. The Kier molecular flexibility index (Phi) is 4.09. The van der Waals surface area contributed by atoms with Gasteiger partial charge in [0.25, 0.3) is 0 Å². The maximum absolute atomic E-state index is 4.59. The van der Waals surface area contributed by atoms with Crippen molar-refractivity contribution in [2.45, 2.75) is 45.4 Å². The van der Waals surface area contributed by atoms with E-state index in [0.717, 1.165) is 30.8 Å². The molecule has 0 bridgehead atoms. The minimum atomic E-state index is 0.981. The van der Waals surface area contributed by atoms with Gasteiger partial charge in [0.2, 0.25) is 0 Å². The van der Waals surface area contributed by atoms with Gasteiger partial charge in [-0.05, 0) is 37.7 Å². The largest absolute Gasteiger partial charge is 0.356 e. The standard InChI is InChI=1S/C16H22N4/c1-2-3-7-13-10-17-11-14-15(13)16(19-12-18-14)20-8-5-4-6-9-20/h10-12H,2-9H2,1H3. The molecule has 106 valence electrons. The van der Waals surface area contributed by atoms with Gasteiger partial charge in [0, 0.05) is 24.7 Å². The molecule has 20 heavy (non-hydrogen) atoms. The molecular formula is C16H22N4. The Hall–Kier alpha value is -1.71. The first-order valence-corrected chi connectivity index (χ1v) is 7.72. The maximum Gasteiger partial charge on any atom is 0.140 e. The molecule has 1 fully saturated rings. The quantitative estimate of drug-likeness (QED) is 0.854. The van der Waals surface area contributed by atoms with E-state index in [9.17, 15) is 0 Å². The molecule has 0 aliphatic carbocycles. The van der Waals surface area contributed by atoms with Gasteiger partial charge in [-0.15, -0.1) is 0 Å². The molecule has 1 saturated heterocycles. The number of unbranched alkanes of at least 4 members (excludes halogenated alkanes) is 1. The zero-order valence-electron chi connectivity index (χ0n) is 12.2. The summed E-state index contributed by atoms with van der Waals surface area (Å²) in [6, 6.07) is 0. The van der Waals surface area contributed by atoms with Crippen molar-refractivity contribution in [3.05, 3.63) is 24.3 Å². The fraction of sp³-hybridized carbons (Fsp3) is 0.562. The first-order chi connectivity index (χ1) is 9.90. The van der Waals surface area contributed by atoms with E-state index in [1.807, 2.05) is 12.4 Å². The van der Waals surface area contributed by atoms with E-state index in [4.69, 9.17) is 0 Å². The number of hydrogen-bond acceptors (Lipinski definition) is 4. The van der Waals surface area contributed by atoms with Crippen LogP contribution in [0.2, 0.25) is 0 Å². The Labute approximate surface area is 120 Å². The highest BCUT2D eigenvalue weighted by Crippen LogP contribution is 2.28. The van der Waals surface area contributed by atoms with Gasteiger partial charge < -0.3 is 4.90 Å². The molecule has 0 amide bonds. The summed E-state index contributed by atoms with van der Waals surface area (Å²) in [7, 11) is 0. The maximum atomic E-state index is 4.59. The second-order valence-corrected chi connectivity index (χ2v) is 5.54. The van der Waals surface area contributed by atoms with Crippen LogP contribution in [0.5, 0.6) is 0 Å². The molecule has 0 unspecified atom stereocenters. The molecule has 0 radical (unpaired) electrons. The monoisotopic (exact) mass is 270 g/mol. The van der Waals surface area contributed by atoms with E-state index in [1.165, 1.54) is 43.1 Å². The number of aryl methyl sites for hydroxylation is 1. The van der Waals surface area contributed by atoms with Crippen LogP contribution in [0.3, 0.4) is 0 Å². The third-order valence-corrected chi connectivity index (χ3v) is 4.06. The van der Waals surface area contributed by atoms with E-state index in [2.05, 4.69) is 26.8 Å². The topological polar surface area (TPSA) is 41.9 Å². The number of nitrogens with zero attached hydrogens (tertiary/aromatic N) is 4. The number of anilines is 1. The van der Waals surface area contributed by atoms with Crippen LogP contribution < -0.4 is 4.90 Å².